The van der Waals surface area contributed by atoms with Crippen LogP contribution in [-0.4, -0.2) is 35.6 Å². The molecule has 1 fully saturated rings. The van der Waals surface area contributed by atoms with Crippen LogP contribution < -0.4 is 10.6 Å². The molecule has 3 aromatic rings. The van der Waals surface area contributed by atoms with E-state index in [4.69, 9.17) is 0 Å². The highest BCUT2D eigenvalue weighted by molar-refractivity contribution is 5.89. The minimum atomic E-state index is -0.283. The Balaban J connectivity index is 1.35. The lowest BCUT2D eigenvalue weighted by Gasteiger charge is -2.24. The van der Waals surface area contributed by atoms with Gasteiger partial charge in [-0.25, -0.2) is 4.79 Å². The van der Waals surface area contributed by atoms with Crippen LogP contribution in [0.25, 0.3) is 5.69 Å². The van der Waals surface area contributed by atoms with E-state index in [2.05, 4.69) is 35.6 Å². The minimum Gasteiger partial charge on any atom is -0.331 e. The van der Waals surface area contributed by atoms with Crippen molar-refractivity contribution in [1.29, 1.82) is 0 Å². The van der Waals surface area contributed by atoms with Gasteiger partial charge in [0.2, 0.25) is 0 Å². The van der Waals surface area contributed by atoms with Crippen LogP contribution in [0.15, 0.2) is 43.2 Å². The molecule has 0 saturated heterocycles. The van der Waals surface area contributed by atoms with Crippen LogP contribution in [0.3, 0.4) is 0 Å². The van der Waals surface area contributed by atoms with E-state index in [9.17, 15) is 4.79 Å². The molecule has 2 N–H and O–H groups in total. The van der Waals surface area contributed by atoms with Gasteiger partial charge in [-0.3, -0.25) is 4.57 Å². The summed E-state index contributed by atoms with van der Waals surface area (Å²) in [6, 6.07) is 7.62. The number of hydrogen-bond acceptors (Lipinski definition) is 5. The predicted octanol–water partition coefficient (Wildman–Crippen LogP) is 2.69. The van der Waals surface area contributed by atoms with Crippen molar-refractivity contribution >= 4 is 11.7 Å². The minimum absolute atomic E-state index is 0.283. The Bertz CT molecular complexity index is 882. The zero-order chi connectivity index (χ0) is 18.5. The molecule has 1 saturated carbocycles. The first-order chi connectivity index (χ1) is 13.3. The molecule has 0 aliphatic heterocycles. The Morgan fingerprint density at radius 1 is 1.07 bits per heavy atom. The van der Waals surface area contributed by atoms with Crippen LogP contribution in [0.4, 0.5) is 10.5 Å². The van der Waals surface area contributed by atoms with Crippen molar-refractivity contribution in [2.75, 3.05) is 5.32 Å². The lowest BCUT2D eigenvalue weighted by atomic mass is 9.95. The molecule has 27 heavy (non-hydrogen) atoms. The van der Waals surface area contributed by atoms with Crippen LogP contribution in [-0.2, 0) is 6.54 Å². The Morgan fingerprint density at radius 2 is 1.89 bits per heavy atom. The first kappa shape index (κ1) is 17.2. The van der Waals surface area contributed by atoms with E-state index < -0.39 is 0 Å². The molecule has 2 amide bonds. The molecule has 0 atom stereocenters. The zero-order valence-corrected chi connectivity index (χ0v) is 15.0. The second kappa shape index (κ2) is 7.98. The van der Waals surface area contributed by atoms with E-state index in [0.29, 0.717) is 18.3 Å². The van der Waals surface area contributed by atoms with Gasteiger partial charge in [-0.2, -0.15) is 0 Å². The number of aromatic nitrogens is 6. The summed E-state index contributed by atoms with van der Waals surface area (Å²) in [7, 11) is 0. The van der Waals surface area contributed by atoms with Crippen molar-refractivity contribution in [3.8, 4) is 5.69 Å². The quantitative estimate of drug-likeness (QED) is 0.723. The van der Waals surface area contributed by atoms with Gasteiger partial charge in [0.1, 0.15) is 19.0 Å². The fraction of sp³-hybridized carbons (Fsp3) is 0.389. The molecule has 9 nitrogen and oxygen atoms in total. The molecule has 0 spiro atoms. The van der Waals surface area contributed by atoms with Crippen molar-refractivity contribution in [1.82, 2.24) is 34.8 Å². The number of carbonyl (C=O) groups excluding carboxylic acids is 1. The summed E-state index contributed by atoms with van der Waals surface area (Å²) < 4.78 is 3.88. The van der Waals surface area contributed by atoms with Crippen LogP contribution in [0.5, 0.6) is 0 Å². The van der Waals surface area contributed by atoms with E-state index in [1.165, 1.54) is 19.3 Å². The number of carbonyl (C=O) groups is 1. The fourth-order valence-corrected chi connectivity index (χ4v) is 3.47. The molecule has 0 radical (unpaired) electrons. The fourth-order valence-electron chi connectivity index (χ4n) is 3.47. The summed E-state index contributed by atoms with van der Waals surface area (Å²) in [5.41, 5.74) is 1.56. The molecule has 140 valence electrons. The Hall–Kier alpha value is -3.23. The van der Waals surface area contributed by atoms with Crippen molar-refractivity contribution in [2.45, 2.75) is 44.7 Å². The van der Waals surface area contributed by atoms with Gasteiger partial charge in [-0.1, -0.05) is 25.3 Å². The highest BCUT2D eigenvalue weighted by Gasteiger charge is 2.18. The van der Waals surface area contributed by atoms with Crippen LogP contribution in [0, 0.1) is 0 Å². The Labute approximate surface area is 156 Å². The van der Waals surface area contributed by atoms with Gasteiger partial charge in [0.25, 0.3) is 0 Å². The third-order valence-electron chi connectivity index (χ3n) is 4.84. The first-order valence-electron chi connectivity index (χ1n) is 9.18. The zero-order valence-electron chi connectivity index (χ0n) is 15.0. The van der Waals surface area contributed by atoms with E-state index in [-0.39, 0.29) is 6.03 Å². The first-order valence-corrected chi connectivity index (χ1v) is 9.18. The SMILES string of the molecule is O=C(NCc1nncn1C1CCCCC1)Nc1cccc(-n2cnnc2)c1. The van der Waals surface area contributed by atoms with Crippen molar-refractivity contribution in [3.05, 3.63) is 49.1 Å². The predicted molar refractivity (Wildman–Crippen MR) is 99.4 cm³/mol. The average Bonchev–Trinajstić information content (AvgIpc) is 3.39. The lowest BCUT2D eigenvalue weighted by Crippen LogP contribution is -2.30. The smallest absolute Gasteiger partial charge is 0.319 e. The Morgan fingerprint density at radius 3 is 2.70 bits per heavy atom. The third kappa shape index (κ3) is 4.13. The average molecular weight is 366 g/mol. The maximum Gasteiger partial charge on any atom is 0.319 e. The molecular weight excluding hydrogens is 344 g/mol. The van der Waals surface area contributed by atoms with Gasteiger partial charge in [-0.05, 0) is 31.0 Å². The van der Waals surface area contributed by atoms with E-state index in [1.54, 1.807) is 23.5 Å². The molecule has 1 aliphatic rings. The Kier molecular flexibility index (Phi) is 5.08. The largest absolute Gasteiger partial charge is 0.331 e. The van der Waals surface area contributed by atoms with E-state index in [1.807, 2.05) is 24.3 Å². The standard InChI is InChI=1S/C18H22N8O/c27-18(23-14-5-4-8-16(9-14)25-11-20-21-12-25)19-10-17-24-22-13-26(17)15-6-2-1-3-7-15/h4-5,8-9,11-13,15H,1-3,6-7,10H2,(H2,19,23,27). The lowest BCUT2D eigenvalue weighted by molar-refractivity contribution is 0.251. The van der Waals surface area contributed by atoms with Crippen molar-refractivity contribution in [3.63, 3.8) is 0 Å². The van der Waals surface area contributed by atoms with E-state index in [0.717, 1.165) is 24.4 Å². The number of rotatable bonds is 5. The molecule has 9 heteroatoms. The molecule has 4 rings (SSSR count). The number of hydrogen-bond donors (Lipinski definition) is 2. The summed E-state index contributed by atoms with van der Waals surface area (Å²) in [6.07, 6.45) is 11.0. The number of nitrogens with one attached hydrogen (secondary N) is 2. The van der Waals surface area contributed by atoms with Crippen LogP contribution in [0.1, 0.15) is 44.0 Å². The summed E-state index contributed by atoms with van der Waals surface area (Å²) in [4.78, 5) is 12.3. The highest BCUT2D eigenvalue weighted by Crippen LogP contribution is 2.28. The van der Waals surface area contributed by atoms with Gasteiger partial charge < -0.3 is 15.2 Å². The summed E-state index contributed by atoms with van der Waals surface area (Å²) in [5, 5.41) is 21.5. The number of nitrogens with zero attached hydrogens (tertiary/aromatic N) is 6. The molecule has 1 aliphatic carbocycles. The topological polar surface area (TPSA) is 103 Å². The maximum atomic E-state index is 12.3. The summed E-state index contributed by atoms with van der Waals surface area (Å²) >= 11 is 0. The van der Waals surface area contributed by atoms with Crippen LogP contribution in [0.2, 0.25) is 0 Å². The second-order valence-electron chi connectivity index (χ2n) is 6.67. The number of benzene rings is 1. The molecular formula is C18H22N8O. The number of anilines is 1. The molecule has 2 heterocycles. The summed E-state index contributed by atoms with van der Waals surface area (Å²) in [6.45, 7) is 0.341. The molecule has 0 unspecified atom stereocenters. The van der Waals surface area contributed by atoms with Gasteiger partial charge in [0, 0.05) is 11.7 Å². The number of urea groups is 1. The van der Waals surface area contributed by atoms with Gasteiger partial charge in [0.15, 0.2) is 5.82 Å². The molecule has 0 bridgehead atoms. The van der Waals surface area contributed by atoms with Gasteiger partial charge >= 0.3 is 6.03 Å². The highest BCUT2D eigenvalue weighted by atomic mass is 16.2. The maximum absolute atomic E-state index is 12.3. The second-order valence-corrected chi connectivity index (χ2v) is 6.67. The third-order valence-corrected chi connectivity index (χ3v) is 4.84. The van der Waals surface area contributed by atoms with Crippen LogP contribution >= 0.6 is 0 Å². The van der Waals surface area contributed by atoms with Gasteiger partial charge in [0.05, 0.1) is 12.2 Å². The number of amides is 2. The van der Waals surface area contributed by atoms with Crippen molar-refractivity contribution in [2.24, 2.45) is 0 Å². The van der Waals surface area contributed by atoms with Gasteiger partial charge in [-0.15, -0.1) is 20.4 Å². The van der Waals surface area contributed by atoms with Crippen molar-refractivity contribution < 1.29 is 4.79 Å². The normalized spacial score (nSPS) is 14.8. The molecule has 1 aromatic carbocycles. The monoisotopic (exact) mass is 366 g/mol. The summed E-state index contributed by atoms with van der Waals surface area (Å²) in [5.74, 6) is 0.787. The van der Waals surface area contributed by atoms with E-state index >= 15 is 0 Å². The molecule has 2 aromatic heterocycles.